The van der Waals surface area contributed by atoms with Gasteiger partial charge in [-0.05, 0) is 42.5 Å². The molecule has 0 saturated carbocycles. The number of nitrogens with one attached hydrogen (secondary N) is 1. The van der Waals surface area contributed by atoms with Crippen LogP contribution in [-0.2, 0) is 6.54 Å². The lowest BCUT2D eigenvalue weighted by molar-refractivity contribution is 0.218. The van der Waals surface area contributed by atoms with E-state index >= 15 is 0 Å². The van der Waals surface area contributed by atoms with Gasteiger partial charge in [0, 0.05) is 24.2 Å². The van der Waals surface area contributed by atoms with Gasteiger partial charge in [-0.2, -0.15) is 0 Å². The number of halogens is 1. The molecule has 0 radical (unpaired) electrons. The van der Waals surface area contributed by atoms with Gasteiger partial charge < -0.3 is 10.4 Å². The van der Waals surface area contributed by atoms with Crippen LogP contribution >= 0.6 is 15.9 Å². The largest absolute Gasteiger partial charge is 0.396 e. The normalized spacial score (nSPS) is 12.8. The van der Waals surface area contributed by atoms with E-state index < -0.39 is 0 Å². The molecule has 90 valence electrons. The first-order valence-corrected chi connectivity index (χ1v) is 6.53. The summed E-state index contributed by atoms with van der Waals surface area (Å²) < 4.78 is 1.11. The first kappa shape index (κ1) is 13.7. The van der Waals surface area contributed by atoms with Gasteiger partial charge in [-0.15, -0.1) is 0 Å². The Balaban J connectivity index is 2.45. The Morgan fingerprint density at radius 2 is 2.19 bits per heavy atom. The van der Waals surface area contributed by atoms with Crippen LogP contribution in [0.15, 0.2) is 22.7 Å². The van der Waals surface area contributed by atoms with Crippen molar-refractivity contribution in [2.45, 2.75) is 26.8 Å². The van der Waals surface area contributed by atoms with Crippen LogP contribution in [0.4, 0.5) is 0 Å². The van der Waals surface area contributed by atoms with E-state index in [1.165, 1.54) is 11.1 Å². The highest BCUT2D eigenvalue weighted by Gasteiger charge is 2.04. The van der Waals surface area contributed by atoms with E-state index in [0.29, 0.717) is 5.92 Å². The van der Waals surface area contributed by atoms with Gasteiger partial charge >= 0.3 is 0 Å². The van der Waals surface area contributed by atoms with Crippen LogP contribution in [0.2, 0.25) is 0 Å². The molecule has 0 aliphatic rings. The summed E-state index contributed by atoms with van der Waals surface area (Å²) in [6, 6.07) is 6.31. The molecule has 0 heterocycles. The smallest absolute Gasteiger partial charge is 0.0471 e. The Morgan fingerprint density at radius 1 is 1.44 bits per heavy atom. The predicted molar refractivity (Wildman–Crippen MR) is 71.5 cm³/mol. The molecule has 0 aromatic heterocycles. The monoisotopic (exact) mass is 285 g/mol. The van der Waals surface area contributed by atoms with Gasteiger partial charge in [0.1, 0.15) is 0 Å². The molecule has 1 rings (SSSR count). The summed E-state index contributed by atoms with van der Waals surface area (Å²) in [4.78, 5) is 0. The third-order valence-electron chi connectivity index (χ3n) is 2.90. The van der Waals surface area contributed by atoms with E-state index in [9.17, 15) is 0 Å². The lowest BCUT2D eigenvalue weighted by atomic mass is 10.1. The third kappa shape index (κ3) is 4.24. The molecule has 2 N–H and O–H groups in total. The number of hydrogen-bond donors (Lipinski definition) is 2. The van der Waals surface area contributed by atoms with Crippen molar-refractivity contribution in [3.05, 3.63) is 33.8 Å². The highest BCUT2D eigenvalue weighted by atomic mass is 79.9. The molecule has 0 bridgehead atoms. The van der Waals surface area contributed by atoms with Gasteiger partial charge in [-0.25, -0.2) is 0 Å². The second-order valence-corrected chi connectivity index (χ2v) is 5.07. The maximum atomic E-state index is 9.07. The summed E-state index contributed by atoms with van der Waals surface area (Å²) in [5.74, 6) is 0.368. The van der Waals surface area contributed by atoms with Crippen LogP contribution in [0.3, 0.4) is 0 Å². The quantitative estimate of drug-likeness (QED) is 0.843. The first-order chi connectivity index (χ1) is 7.67. The zero-order chi connectivity index (χ0) is 12.0. The maximum absolute atomic E-state index is 9.07. The Hall–Kier alpha value is -0.380. The third-order valence-corrected chi connectivity index (χ3v) is 3.39. The fourth-order valence-corrected chi connectivity index (χ4v) is 1.99. The zero-order valence-corrected chi connectivity index (χ0v) is 11.5. The van der Waals surface area contributed by atoms with E-state index in [1.807, 2.05) is 0 Å². The minimum Gasteiger partial charge on any atom is -0.396 e. The van der Waals surface area contributed by atoms with Crippen LogP contribution in [0, 0.1) is 12.8 Å². The summed E-state index contributed by atoms with van der Waals surface area (Å²) in [6.07, 6.45) is 1.01. The second kappa shape index (κ2) is 7.05. The minimum atomic E-state index is 0.265. The van der Waals surface area contributed by atoms with Crippen molar-refractivity contribution in [2.24, 2.45) is 5.92 Å². The fourth-order valence-electron chi connectivity index (χ4n) is 1.58. The van der Waals surface area contributed by atoms with E-state index in [0.717, 1.165) is 24.0 Å². The molecule has 1 aromatic carbocycles. The van der Waals surface area contributed by atoms with E-state index in [-0.39, 0.29) is 6.61 Å². The predicted octanol–water partition coefficient (Wildman–Crippen LogP) is 2.87. The molecule has 0 spiro atoms. The summed E-state index contributed by atoms with van der Waals surface area (Å²) in [6.45, 7) is 6.22. The number of aliphatic hydroxyl groups is 1. The highest BCUT2D eigenvalue weighted by molar-refractivity contribution is 9.10. The van der Waals surface area contributed by atoms with Crippen LogP contribution < -0.4 is 5.32 Å². The van der Waals surface area contributed by atoms with Gasteiger partial charge in [0.15, 0.2) is 0 Å². The van der Waals surface area contributed by atoms with Crippen molar-refractivity contribution < 1.29 is 5.11 Å². The summed E-state index contributed by atoms with van der Waals surface area (Å²) in [5, 5.41) is 12.5. The average molecular weight is 286 g/mol. The molecular formula is C13H20BrNO. The zero-order valence-electron chi connectivity index (χ0n) is 9.96. The molecule has 0 aliphatic heterocycles. The molecule has 0 aliphatic carbocycles. The molecule has 0 amide bonds. The molecule has 16 heavy (non-hydrogen) atoms. The topological polar surface area (TPSA) is 32.3 Å². The maximum Gasteiger partial charge on any atom is 0.0471 e. The molecule has 1 aromatic rings. The molecule has 3 heteroatoms. The van der Waals surface area contributed by atoms with Crippen molar-refractivity contribution in [1.82, 2.24) is 5.32 Å². The number of benzene rings is 1. The molecule has 1 unspecified atom stereocenters. The standard InChI is InChI=1S/C13H20BrNO/c1-3-11(9-16)7-15-8-12-6-13(14)5-4-10(12)2/h4-6,11,15-16H,3,7-9H2,1-2H3. The van der Waals surface area contributed by atoms with E-state index in [1.54, 1.807) is 0 Å². The summed E-state index contributed by atoms with van der Waals surface area (Å²) in [5.41, 5.74) is 2.61. The van der Waals surface area contributed by atoms with Crippen LogP contribution in [-0.4, -0.2) is 18.3 Å². The van der Waals surface area contributed by atoms with E-state index in [4.69, 9.17) is 5.11 Å². The lowest BCUT2D eigenvalue weighted by Crippen LogP contribution is -2.24. The van der Waals surface area contributed by atoms with Crippen LogP contribution in [0.1, 0.15) is 24.5 Å². The van der Waals surface area contributed by atoms with Crippen molar-refractivity contribution in [3.8, 4) is 0 Å². The molecule has 0 saturated heterocycles. The molecule has 0 fully saturated rings. The lowest BCUT2D eigenvalue weighted by Gasteiger charge is -2.13. The van der Waals surface area contributed by atoms with Crippen LogP contribution in [0.5, 0.6) is 0 Å². The van der Waals surface area contributed by atoms with Crippen LogP contribution in [0.25, 0.3) is 0 Å². The fraction of sp³-hybridized carbons (Fsp3) is 0.538. The van der Waals surface area contributed by atoms with E-state index in [2.05, 4.69) is 53.3 Å². The van der Waals surface area contributed by atoms with Gasteiger partial charge in [-0.3, -0.25) is 0 Å². The molecule has 2 nitrogen and oxygen atoms in total. The van der Waals surface area contributed by atoms with Gasteiger partial charge in [-0.1, -0.05) is 28.9 Å². The number of aliphatic hydroxyl groups excluding tert-OH is 1. The first-order valence-electron chi connectivity index (χ1n) is 5.74. The van der Waals surface area contributed by atoms with Crippen molar-refractivity contribution in [2.75, 3.05) is 13.2 Å². The highest BCUT2D eigenvalue weighted by Crippen LogP contribution is 2.15. The van der Waals surface area contributed by atoms with Crippen molar-refractivity contribution in [1.29, 1.82) is 0 Å². The van der Waals surface area contributed by atoms with Gasteiger partial charge in [0.25, 0.3) is 0 Å². The summed E-state index contributed by atoms with van der Waals surface area (Å²) >= 11 is 3.48. The number of rotatable bonds is 6. The molecular weight excluding hydrogens is 266 g/mol. The average Bonchev–Trinajstić information content (AvgIpc) is 2.29. The second-order valence-electron chi connectivity index (χ2n) is 4.16. The Morgan fingerprint density at radius 3 is 2.81 bits per heavy atom. The number of hydrogen-bond acceptors (Lipinski definition) is 2. The van der Waals surface area contributed by atoms with Gasteiger partial charge in [0.05, 0.1) is 0 Å². The molecule has 1 atom stereocenters. The van der Waals surface area contributed by atoms with Crippen molar-refractivity contribution >= 4 is 15.9 Å². The number of aryl methyl sites for hydroxylation is 1. The Bertz CT molecular complexity index is 324. The Kier molecular flexibility index (Phi) is 6.03. The Labute approximate surface area is 106 Å². The van der Waals surface area contributed by atoms with Crippen molar-refractivity contribution in [3.63, 3.8) is 0 Å². The summed E-state index contributed by atoms with van der Waals surface area (Å²) in [7, 11) is 0. The van der Waals surface area contributed by atoms with Gasteiger partial charge in [0.2, 0.25) is 0 Å². The SMILES string of the molecule is CCC(CO)CNCc1cc(Br)ccc1C. The minimum absolute atomic E-state index is 0.265.